The van der Waals surface area contributed by atoms with Crippen molar-refractivity contribution in [2.24, 2.45) is 11.8 Å². The first-order valence-electron chi connectivity index (χ1n) is 11.2. The lowest BCUT2D eigenvalue weighted by molar-refractivity contribution is -0.208. The lowest BCUT2D eigenvalue weighted by atomic mass is 9.85. The zero-order valence-corrected chi connectivity index (χ0v) is 18.4. The molecular formula is C21H38N2O5S. The van der Waals surface area contributed by atoms with E-state index in [9.17, 15) is 20.1 Å². The number of carbonyl (C=O) groups is 1. The van der Waals surface area contributed by atoms with Gasteiger partial charge >= 0.3 is 0 Å². The fourth-order valence-corrected chi connectivity index (χ4v) is 5.96. The Morgan fingerprint density at radius 2 is 1.90 bits per heavy atom. The van der Waals surface area contributed by atoms with E-state index in [0.29, 0.717) is 5.92 Å². The van der Waals surface area contributed by atoms with Crippen molar-refractivity contribution in [2.75, 3.05) is 12.8 Å². The molecule has 0 bridgehead atoms. The normalized spacial score (nSPS) is 40.0. The van der Waals surface area contributed by atoms with Gasteiger partial charge in [0.2, 0.25) is 5.91 Å². The van der Waals surface area contributed by atoms with Crippen LogP contribution in [0, 0.1) is 11.8 Å². The zero-order valence-electron chi connectivity index (χ0n) is 17.6. The topological polar surface area (TPSA) is 111 Å². The quantitative estimate of drug-likeness (QED) is 0.410. The molecule has 3 rings (SSSR count). The molecule has 8 atom stereocenters. The van der Waals surface area contributed by atoms with Gasteiger partial charge in [-0.2, -0.15) is 0 Å². The number of hydrogen-bond donors (Lipinski definition) is 5. The highest BCUT2D eigenvalue weighted by molar-refractivity contribution is 7.99. The van der Waals surface area contributed by atoms with Crippen LogP contribution in [0.2, 0.25) is 0 Å². The summed E-state index contributed by atoms with van der Waals surface area (Å²) < 4.78 is 6.02. The molecule has 29 heavy (non-hydrogen) atoms. The third-order valence-corrected chi connectivity index (χ3v) is 7.79. The van der Waals surface area contributed by atoms with Crippen molar-refractivity contribution < 1.29 is 24.9 Å². The second kappa shape index (κ2) is 10.8. The SMILES string of the molecule is CCC[C@@H]1CCN[C@H](C(=O)N[C@H](C2CCCC2)[C@H]2O[C@H](SC)[C@H](O)[C@@H](O)[C@H]2O)C1. The number of aliphatic hydroxyl groups excluding tert-OH is 3. The lowest BCUT2D eigenvalue weighted by Gasteiger charge is -2.45. The maximum absolute atomic E-state index is 13.1. The van der Waals surface area contributed by atoms with Crippen LogP contribution in [0.15, 0.2) is 0 Å². The van der Waals surface area contributed by atoms with E-state index < -0.39 is 29.9 Å². The molecule has 0 radical (unpaired) electrons. The van der Waals surface area contributed by atoms with E-state index in [4.69, 9.17) is 4.74 Å². The molecule has 5 N–H and O–H groups in total. The Morgan fingerprint density at radius 3 is 2.55 bits per heavy atom. The van der Waals surface area contributed by atoms with Gasteiger partial charge in [-0.3, -0.25) is 4.79 Å². The summed E-state index contributed by atoms with van der Waals surface area (Å²) in [5.41, 5.74) is -0.624. The Kier molecular flexibility index (Phi) is 8.65. The van der Waals surface area contributed by atoms with E-state index in [1.54, 1.807) is 6.26 Å². The van der Waals surface area contributed by atoms with E-state index >= 15 is 0 Å². The van der Waals surface area contributed by atoms with E-state index in [0.717, 1.165) is 57.9 Å². The molecule has 3 aliphatic rings. The number of aliphatic hydroxyl groups is 3. The number of hydrogen-bond acceptors (Lipinski definition) is 7. The Hall–Kier alpha value is -0.380. The summed E-state index contributed by atoms with van der Waals surface area (Å²) >= 11 is 1.31. The highest BCUT2D eigenvalue weighted by Gasteiger charge is 2.49. The van der Waals surface area contributed by atoms with Crippen molar-refractivity contribution >= 4 is 17.7 Å². The average Bonchev–Trinajstić information content (AvgIpc) is 3.26. The third kappa shape index (κ3) is 5.46. The van der Waals surface area contributed by atoms with Gasteiger partial charge in [0.25, 0.3) is 0 Å². The molecule has 0 aromatic rings. The van der Waals surface area contributed by atoms with Gasteiger partial charge in [-0.15, -0.1) is 11.8 Å². The standard InChI is InChI=1S/C21H38N2O5S/c1-3-6-12-9-10-22-14(11-12)20(27)23-15(13-7-4-5-8-13)19-17(25)16(24)18(26)21(28-19)29-2/h12-19,21-22,24-26H,3-11H2,1-2H3,(H,23,27)/t12-,14+,15-,16+,17-,18-,19-,21-/m1/s1. The number of carbonyl (C=O) groups excluding carboxylic acids is 1. The summed E-state index contributed by atoms with van der Waals surface area (Å²) in [6, 6.07) is -0.595. The van der Waals surface area contributed by atoms with Crippen molar-refractivity contribution in [3.63, 3.8) is 0 Å². The zero-order chi connectivity index (χ0) is 21.0. The number of rotatable bonds is 7. The monoisotopic (exact) mass is 430 g/mol. The van der Waals surface area contributed by atoms with Gasteiger partial charge in [0.1, 0.15) is 29.9 Å². The molecule has 2 heterocycles. The molecule has 7 nitrogen and oxygen atoms in total. The minimum atomic E-state index is -1.28. The molecule has 0 spiro atoms. The average molecular weight is 431 g/mol. The maximum atomic E-state index is 13.1. The van der Waals surface area contributed by atoms with Gasteiger partial charge in [0, 0.05) is 0 Å². The number of amides is 1. The number of thioether (sulfide) groups is 1. The minimum absolute atomic E-state index is 0.0418. The fourth-order valence-electron chi connectivity index (χ4n) is 5.28. The summed E-state index contributed by atoms with van der Waals surface area (Å²) in [5.74, 6) is 0.731. The van der Waals surface area contributed by atoms with Gasteiger partial charge in [0.05, 0.1) is 12.1 Å². The van der Waals surface area contributed by atoms with Crippen LogP contribution in [0.1, 0.15) is 58.3 Å². The Labute approximate surface area is 178 Å². The van der Waals surface area contributed by atoms with Crippen molar-refractivity contribution in [1.82, 2.24) is 10.6 Å². The Bertz CT molecular complexity index is 529. The first kappa shape index (κ1) is 23.3. The summed E-state index contributed by atoms with van der Waals surface area (Å²) in [6.45, 7) is 3.02. The van der Waals surface area contributed by atoms with Crippen LogP contribution < -0.4 is 10.6 Å². The van der Waals surface area contributed by atoms with Gasteiger partial charge in [0.15, 0.2) is 0 Å². The summed E-state index contributed by atoms with van der Waals surface area (Å²) in [4.78, 5) is 13.1. The van der Waals surface area contributed by atoms with Crippen molar-refractivity contribution in [1.29, 1.82) is 0 Å². The summed E-state index contributed by atoms with van der Waals surface area (Å²) in [5, 5.41) is 37.8. The highest BCUT2D eigenvalue weighted by atomic mass is 32.2. The van der Waals surface area contributed by atoms with E-state index in [-0.39, 0.29) is 23.9 Å². The molecule has 1 saturated carbocycles. The molecule has 0 unspecified atom stereocenters. The van der Waals surface area contributed by atoms with Gasteiger partial charge in [-0.05, 0) is 50.3 Å². The fraction of sp³-hybridized carbons (Fsp3) is 0.952. The molecule has 0 aromatic carbocycles. The van der Waals surface area contributed by atoms with Crippen molar-refractivity contribution in [3.8, 4) is 0 Å². The Morgan fingerprint density at radius 1 is 1.17 bits per heavy atom. The minimum Gasteiger partial charge on any atom is -0.388 e. The first-order chi connectivity index (χ1) is 14.0. The van der Waals surface area contributed by atoms with E-state index in [1.165, 1.54) is 11.8 Å². The van der Waals surface area contributed by atoms with Crippen LogP contribution >= 0.6 is 11.8 Å². The molecule has 1 aliphatic carbocycles. The van der Waals surface area contributed by atoms with Crippen molar-refractivity contribution in [3.05, 3.63) is 0 Å². The van der Waals surface area contributed by atoms with E-state index in [2.05, 4.69) is 17.6 Å². The highest BCUT2D eigenvalue weighted by Crippen LogP contribution is 2.36. The molecule has 0 aromatic heterocycles. The van der Waals surface area contributed by atoms with Crippen LogP contribution in [-0.2, 0) is 9.53 Å². The van der Waals surface area contributed by atoms with Crippen LogP contribution in [0.4, 0.5) is 0 Å². The largest absolute Gasteiger partial charge is 0.388 e. The number of piperidine rings is 1. The number of ether oxygens (including phenoxy) is 1. The Balaban J connectivity index is 1.72. The first-order valence-corrected chi connectivity index (χ1v) is 12.5. The molecule has 2 aliphatic heterocycles. The number of nitrogens with one attached hydrogen (secondary N) is 2. The van der Waals surface area contributed by atoms with Crippen LogP contribution in [0.3, 0.4) is 0 Å². The van der Waals surface area contributed by atoms with Gasteiger partial charge < -0.3 is 30.7 Å². The second-order valence-corrected chi connectivity index (χ2v) is 9.88. The van der Waals surface area contributed by atoms with Crippen molar-refractivity contribution in [2.45, 2.75) is 100 Å². The molecule has 168 valence electrons. The lowest BCUT2D eigenvalue weighted by Crippen LogP contribution is -2.65. The van der Waals surface area contributed by atoms with Crippen LogP contribution in [-0.4, -0.2) is 76.0 Å². The molecule has 2 saturated heterocycles. The summed E-state index contributed by atoms with van der Waals surface area (Å²) in [7, 11) is 0. The summed E-state index contributed by atoms with van der Waals surface area (Å²) in [6.07, 6.45) is 5.75. The predicted molar refractivity (Wildman–Crippen MR) is 114 cm³/mol. The molecular weight excluding hydrogens is 392 g/mol. The molecule has 8 heteroatoms. The third-order valence-electron chi connectivity index (χ3n) is 6.94. The second-order valence-electron chi connectivity index (χ2n) is 8.94. The van der Waals surface area contributed by atoms with Gasteiger partial charge in [-0.1, -0.05) is 32.6 Å². The van der Waals surface area contributed by atoms with E-state index in [1.807, 2.05) is 0 Å². The molecule has 1 amide bonds. The predicted octanol–water partition coefficient (Wildman–Crippen LogP) is 1.00. The van der Waals surface area contributed by atoms with Crippen LogP contribution in [0.5, 0.6) is 0 Å². The van der Waals surface area contributed by atoms with Crippen LogP contribution in [0.25, 0.3) is 0 Å². The molecule has 3 fully saturated rings. The van der Waals surface area contributed by atoms with Gasteiger partial charge in [-0.25, -0.2) is 0 Å². The maximum Gasteiger partial charge on any atom is 0.237 e. The smallest absolute Gasteiger partial charge is 0.237 e.